The van der Waals surface area contributed by atoms with Crippen molar-refractivity contribution in [2.75, 3.05) is 45.3 Å². The molecule has 0 saturated carbocycles. The van der Waals surface area contributed by atoms with E-state index in [1.54, 1.807) is 0 Å². The summed E-state index contributed by atoms with van der Waals surface area (Å²) in [7, 11) is 1.12. The summed E-state index contributed by atoms with van der Waals surface area (Å²) < 4.78 is 27.8. The lowest BCUT2D eigenvalue weighted by Crippen LogP contribution is -2.31. The predicted molar refractivity (Wildman–Crippen MR) is 71.9 cm³/mol. The Morgan fingerprint density at radius 1 is 1.53 bits per heavy atom. The molecule has 1 fully saturated rings. The van der Waals surface area contributed by atoms with E-state index in [0.29, 0.717) is 24.1 Å². The highest BCUT2D eigenvalue weighted by molar-refractivity contribution is 7.91. The summed E-state index contributed by atoms with van der Waals surface area (Å²) >= 11 is 5.00. The van der Waals surface area contributed by atoms with E-state index in [9.17, 15) is 8.42 Å². The Balaban J connectivity index is 2.12. The molecule has 7 heteroatoms. The van der Waals surface area contributed by atoms with E-state index in [1.165, 1.54) is 0 Å². The van der Waals surface area contributed by atoms with E-state index in [1.807, 2.05) is 19.0 Å². The van der Waals surface area contributed by atoms with Crippen molar-refractivity contribution < 1.29 is 13.2 Å². The summed E-state index contributed by atoms with van der Waals surface area (Å²) in [6.07, 6.45) is 0.718. The summed E-state index contributed by atoms with van der Waals surface area (Å²) in [6, 6.07) is 0. The summed E-state index contributed by atoms with van der Waals surface area (Å²) in [6.45, 7) is 1.93. The molecule has 0 spiro atoms. The van der Waals surface area contributed by atoms with Gasteiger partial charge in [-0.1, -0.05) is 0 Å². The zero-order chi connectivity index (χ0) is 12.9. The van der Waals surface area contributed by atoms with E-state index in [-0.39, 0.29) is 11.7 Å². The first-order chi connectivity index (χ1) is 7.89. The Kier molecular flexibility index (Phi) is 5.61. The van der Waals surface area contributed by atoms with Crippen LogP contribution in [0.5, 0.6) is 0 Å². The van der Waals surface area contributed by atoms with Crippen LogP contribution in [0.15, 0.2) is 0 Å². The van der Waals surface area contributed by atoms with Gasteiger partial charge in [-0.3, -0.25) is 0 Å². The van der Waals surface area contributed by atoms with Crippen LogP contribution in [0.2, 0.25) is 0 Å². The van der Waals surface area contributed by atoms with Gasteiger partial charge in [-0.25, -0.2) is 8.42 Å². The summed E-state index contributed by atoms with van der Waals surface area (Å²) in [5.74, 6) is 0.726. The molecule has 100 valence electrons. The maximum Gasteiger partial charge on any atom is 0.256 e. The molecule has 1 rings (SSSR count). The molecule has 0 radical (unpaired) electrons. The fraction of sp³-hybridized carbons (Fsp3) is 0.900. The first kappa shape index (κ1) is 14.7. The number of rotatable bonds is 5. The monoisotopic (exact) mass is 280 g/mol. The lowest BCUT2D eigenvalue weighted by Gasteiger charge is -2.14. The number of sulfone groups is 1. The smallest absolute Gasteiger partial charge is 0.256 e. The van der Waals surface area contributed by atoms with Gasteiger partial charge in [0, 0.05) is 13.1 Å². The van der Waals surface area contributed by atoms with Crippen LogP contribution in [0.4, 0.5) is 0 Å². The Morgan fingerprint density at radius 2 is 2.24 bits per heavy atom. The molecular formula is C10H20N2O3S2. The van der Waals surface area contributed by atoms with Gasteiger partial charge in [0.05, 0.1) is 11.5 Å². The second-order valence-electron chi connectivity index (χ2n) is 4.59. The minimum Gasteiger partial charge on any atom is -0.470 e. The van der Waals surface area contributed by atoms with Gasteiger partial charge in [0.15, 0.2) is 9.84 Å². The standard InChI is InChI=1S/C10H20N2O3S2/c1-12(2)4-5-15-10(16)11-7-9-3-6-17(13,14)8-9/h9H,3-8H2,1-2H3,(H,11,16)/t9-/m1/s1. The van der Waals surface area contributed by atoms with E-state index < -0.39 is 9.84 Å². The topological polar surface area (TPSA) is 58.6 Å². The number of ether oxygens (including phenoxy) is 1. The van der Waals surface area contributed by atoms with Crippen molar-refractivity contribution in [2.24, 2.45) is 5.92 Å². The Labute approximate surface area is 108 Å². The van der Waals surface area contributed by atoms with Gasteiger partial charge in [0.1, 0.15) is 6.61 Å². The van der Waals surface area contributed by atoms with Crippen LogP contribution in [0, 0.1) is 5.92 Å². The van der Waals surface area contributed by atoms with E-state index >= 15 is 0 Å². The number of hydrogen-bond acceptors (Lipinski definition) is 5. The summed E-state index contributed by atoms with van der Waals surface area (Å²) in [5.41, 5.74) is 0. The van der Waals surface area contributed by atoms with E-state index in [2.05, 4.69) is 5.32 Å². The number of nitrogens with one attached hydrogen (secondary N) is 1. The first-order valence-corrected chi connectivity index (χ1v) is 7.88. The molecule has 1 atom stereocenters. The van der Waals surface area contributed by atoms with Crippen LogP contribution in [0.1, 0.15) is 6.42 Å². The molecule has 0 unspecified atom stereocenters. The molecule has 0 aromatic carbocycles. The highest BCUT2D eigenvalue weighted by Crippen LogP contribution is 2.17. The average molecular weight is 280 g/mol. The highest BCUT2D eigenvalue weighted by Gasteiger charge is 2.27. The molecule has 0 amide bonds. The Hall–Kier alpha value is -0.400. The van der Waals surface area contributed by atoms with Crippen molar-refractivity contribution in [3.8, 4) is 0 Å². The molecule has 0 aromatic rings. The molecule has 17 heavy (non-hydrogen) atoms. The van der Waals surface area contributed by atoms with Crippen molar-refractivity contribution in [3.05, 3.63) is 0 Å². The molecule has 1 N–H and O–H groups in total. The summed E-state index contributed by atoms with van der Waals surface area (Å²) in [5, 5.41) is 3.32. The van der Waals surface area contributed by atoms with Gasteiger partial charge >= 0.3 is 0 Å². The molecule has 1 heterocycles. The molecule has 0 aromatic heterocycles. The quantitative estimate of drug-likeness (QED) is 0.708. The van der Waals surface area contributed by atoms with Crippen LogP contribution in [-0.2, 0) is 14.6 Å². The minimum atomic E-state index is -2.80. The molecule has 1 saturated heterocycles. The fourth-order valence-corrected chi connectivity index (χ4v) is 3.66. The van der Waals surface area contributed by atoms with Crippen molar-refractivity contribution in [1.29, 1.82) is 0 Å². The lowest BCUT2D eigenvalue weighted by atomic mass is 10.1. The predicted octanol–water partition coefficient (Wildman–Crippen LogP) is -0.126. The van der Waals surface area contributed by atoms with Gasteiger partial charge < -0.3 is 15.0 Å². The minimum absolute atomic E-state index is 0.162. The maximum atomic E-state index is 11.2. The van der Waals surface area contributed by atoms with Crippen LogP contribution in [0.3, 0.4) is 0 Å². The number of hydrogen-bond donors (Lipinski definition) is 1. The SMILES string of the molecule is CN(C)CCOC(=S)NC[C@H]1CCS(=O)(=O)C1. The van der Waals surface area contributed by atoms with Crippen molar-refractivity contribution in [1.82, 2.24) is 10.2 Å². The van der Waals surface area contributed by atoms with Gasteiger partial charge in [0.2, 0.25) is 0 Å². The van der Waals surface area contributed by atoms with Crippen LogP contribution < -0.4 is 5.32 Å². The number of thiocarbonyl (C=S) groups is 1. The van der Waals surface area contributed by atoms with Crippen molar-refractivity contribution in [3.63, 3.8) is 0 Å². The molecular weight excluding hydrogens is 260 g/mol. The van der Waals surface area contributed by atoms with Crippen molar-refractivity contribution in [2.45, 2.75) is 6.42 Å². The molecule has 0 bridgehead atoms. The molecule has 1 aliphatic heterocycles. The second kappa shape index (κ2) is 6.51. The average Bonchev–Trinajstić information content (AvgIpc) is 2.55. The third-order valence-corrected chi connectivity index (χ3v) is 4.73. The number of nitrogens with zero attached hydrogens (tertiary/aromatic N) is 1. The normalized spacial score (nSPS) is 22.6. The van der Waals surface area contributed by atoms with Crippen LogP contribution >= 0.6 is 12.2 Å². The Morgan fingerprint density at radius 3 is 2.76 bits per heavy atom. The zero-order valence-corrected chi connectivity index (χ0v) is 11.9. The highest BCUT2D eigenvalue weighted by atomic mass is 32.2. The third-order valence-electron chi connectivity index (χ3n) is 2.63. The van der Waals surface area contributed by atoms with E-state index in [0.717, 1.165) is 13.0 Å². The van der Waals surface area contributed by atoms with Crippen molar-refractivity contribution >= 4 is 27.2 Å². The lowest BCUT2D eigenvalue weighted by molar-refractivity contribution is 0.247. The molecule has 5 nitrogen and oxygen atoms in total. The maximum absolute atomic E-state index is 11.2. The Bertz CT molecular complexity index is 355. The number of likely N-dealkylation sites (N-methyl/N-ethyl adjacent to an activating group) is 1. The van der Waals surface area contributed by atoms with E-state index in [4.69, 9.17) is 17.0 Å². The van der Waals surface area contributed by atoms with Crippen LogP contribution in [0.25, 0.3) is 0 Å². The van der Waals surface area contributed by atoms with Gasteiger partial charge in [-0.15, -0.1) is 0 Å². The second-order valence-corrected chi connectivity index (χ2v) is 7.19. The molecule has 1 aliphatic rings. The first-order valence-electron chi connectivity index (χ1n) is 5.65. The van der Waals surface area contributed by atoms with Gasteiger partial charge in [-0.2, -0.15) is 0 Å². The third kappa shape index (κ3) is 6.18. The molecule has 0 aliphatic carbocycles. The fourth-order valence-electron chi connectivity index (χ4n) is 1.63. The van der Waals surface area contributed by atoms with Gasteiger partial charge in [-0.05, 0) is 38.7 Å². The van der Waals surface area contributed by atoms with Gasteiger partial charge in [0.25, 0.3) is 5.17 Å². The largest absolute Gasteiger partial charge is 0.470 e. The summed E-state index contributed by atoms with van der Waals surface area (Å²) in [4.78, 5) is 2.01. The van der Waals surface area contributed by atoms with Crippen LogP contribution in [-0.4, -0.2) is 63.8 Å². The zero-order valence-electron chi connectivity index (χ0n) is 10.3.